The van der Waals surface area contributed by atoms with Gasteiger partial charge in [-0.25, -0.2) is 4.79 Å². The number of hydrogen-bond donors (Lipinski definition) is 5. The van der Waals surface area contributed by atoms with Gasteiger partial charge in [0.1, 0.15) is 30.1 Å². The van der Waals surface area contributed by atoms with Crippen molar-refractivity contribution in [2.24, 2.45) is 0 Å². The zero-order valence-electron chi connectivity index (χ0n) is 21.7. The number of carbonyl (C=O) groups excluding carboxylic acids is 4. The van der Waals surface area contributed by atoms with E-state index in [-0.39, 0.29) is 24.2 Å². The normalized spacial score (nSPS) is 11.8. The Balaban J connectivity index is 2.00. The van der Waals surface area contributed by atoms with Gasteiger partial charge in [0.2, 0.25) is 16.9 Å². The Bertz CT molecular complexity index is 1220. The minimum Gasteiger partial charge on any atom is -0.497 e. The Morgan fingerprint density at radius 1 is 0.800 bits per heavy atom. The summed E-state index contributed by atoms with van der Waals surface area (Å²) in [5, 5.41) is 24.8. The van der Waals surface area contributed by atoms with Crippen LogP contribution in [0.1, 0.15) is 33.6 Å². The van der Waals surface area contributed by atoms with Crippen molar-refractivity contribution in [1.82, 2.24) is 16.0 Å². The molecule has 3 amide bonds. The lowest BCUT2D eigenvalue weighted by molar-refractivity contribution is -0.139. The second-order valence-electron chi connectivity index (χ2n) is 8.19. The third-order valence-corrected chi connectivity index (χ3v) is 6.39. The van der Waals surface area contributed by atoms with Crippen LogP contribution in [-0.4, -0.2) is 83.6 Å². The molecular formula is C26H29N3O10S. The molecule has 2 rings (SSSR count). The van der Waals surface area contributed by atoms with Crippen molar-refractivity contribution in [2.45, 2.75) is 24.9 Å². The number of thioether (sulfide) groups is 1. The van der Waals surface area contributed by atoms with Crippen LogP contribution in [0.15, 0.2) is 48.5 Å². The summed E-state index contributed by atoms with van der Waals surface area (Å²) in [5.74, 6) is -4.10. The Kier molecular flexibility index (Phi) is 12.4. The Hall–Kier alpha value is -4.59. The number of hydrogen-bond acceptors (Lipinski definition) is 9. The van der Waals surface area contributed by atoms with Crippen LogP contribution in [0.5, 0.6) is 11.5 Å². The summed E-state index contributed by atoms with van der Waals surface area (Å²) in [7, 11) is 2.93. The first kappa shape index (κ1) is 31.6. The molecule has 0 heterocycles. The van der Waals surface area contributed by atoms with Crippen molar-refractivity contribution in [2.75, 3.05) is 26.5 Å². The van der Waals surface area contributed by atoms with Crippen molar-refractivity contribution in [3.05, 3.63) is 59.7 Å². The second kappa shape index (κ2) is 15.7. The Morgan fingerprint density at radius 3 is 1.85 bits per heavy atom. The average molecular weight is 576 g/mol. The SMILES string of the molecule is COc1ccc(C(=O)N[C@@H](CCC(=O)N[C@@H](CSC(=O)c2ccc(OC)cc2)C(=O)NCC(=O)O)C(=O)O)cc1. The second-order valence-corrected chi connectivity index (χ2v) is 9.18. The summed E-state index contributed by atoms with van der Waals surface area (Å²) in [5.41, 5.74) is 0.504. The largest absolute Gasteiger partial charge is 0.497 e. The van der Waals surface area contributed by atoms with Gasteiger partial charge in [-0.15, -0.1) is 0 Å². The maximum Gasteiger partial charge on any atom is 0.326 e. The lowest BCUT2D eigenvalue weighted by Gasteiger charge is -2.19. The average Bonchev–Trinajstić information content (AvgIpc) is 2.95. The first-order chi connectivity index (χ1) is 19.0. The summed E-state index contributed by atoms with van der Waals surface area (Å²) in [6.07, 6.45) is -0.690. The van der Waals surface area contributed by atoms with Crippen molar-refractivity contribution in [3.8, 4) is 11.5 Å². The number of nitrogens with one attached hydrogen (secondary N) is 3. The van der Waals surface area contributed by atoms with Crippen molar-refractivity contribution < 1.29 is 48.5 Å². The predicted octanol–water partition coefficient (Wildman–Crippen LogP) is 0.926. The molecule has 0 unspecified atom stereocenters. The predicted molar refractivity (Wildman–Crippen MR) is 143 cm³/mol. The summed E-state index contributed by atoms with van der Waals surface area (Å²) < 4.78 is 10.1. The highest BCUT2D eigenvalue weighted by atomic mass is 32.2. The van der Waals surface area contributed by atoms with Gasteiger partial charge in [-0.05, 0) is 55.0 Å². The zero-order chi connectivity index (χ0) is 29.7. The minimum atomic E-state index is -1.41. The third-order valence-electron chi connectivity index (χ3n) is 5.39. The molecule has 14 heteroatoms. The molecule has 0 aliphatic heterocycles. The number of benzene rings is 2. The van der Waals surface area contributed by atoms with E-state index in [1.54, 1.807) is 12.1 Å². The van der Waals surface area contributed by atoms with E-state index in [0.717, 1.165) is 11.8 Å². The van der Waals surface area contributed by atoms with Gasteiger partial charge in [0, 0.05) is 23.3 Å². The number of carboxylic acids is 2. The number of methoxy groups -OCH3 is 2. The fourth-order valence-electron chi connectivity index (χ4n) is 3.22. The van der Waals surface area contributed by atoms with Crippen LogP contribution < -0.4 is 25.4 Å². The van der Waals surface area contributed by atoms with E-state index in [1.807, 2.05) is 0 Å². The smallest absolute Gasteiger partial charge is 0.326 e. The van der Waals surface area contributed by atoms with Crippen molar-refractivity contribution in [3.63, 3.8) is 0 Å². The molecule has 0 saturated carbocycles. The quantitative estimate of drug-likeness (QED) is 0.202. The van der Waals surface area contributed by atoms with Crippen LogP contribution in [-0.2, 0) is 19.2 Å². The third kappa shape index (κ3) is 10.3. The van der Waals surface area contributed by atoms with Gasteiger partial charge >= 0.3 is 11.9 Å². The monoisotopic (exact) mass is 575 g/mol. The minimum absolute atomic E-state index is 0.185. The first-order valence-electron chi connectivity index (χ1n) is 11.8. The highest BCUT2D eigenvalue weighted by Gasteiger charge is 2.26. The molecule has 40 heavy (non-hydrogen) atoms. The molecule has 214 valence electrons. The lowest BCUT2D eigenvalue weighted by Crippen LogP contribution is -2.50. The molecule has 2 aromatic carbocycles. The summed E-state index contributed by atoms with van der Waals surface area (Å²) in [4.78, 5) is 72.6. The van der Waals surface area contributed by atoms with Gasteiger partial charge in [-0.3, -0.25) is 24.0 Å². The molecular weight excluding hydrogens is 546 g/mol. The lowest BCUT2D eigenvalue weighted by atomic mass is 10.1. The summed E-state index contributed by atoms with van der Waals surface area (Å²) >= 11 is 0.731. The molecule has 13 nitrogen and oxygen atoms in total. The van der Waals surface area contributed by atoms with E-state index in [2.05, 4.69) is 16.0 Å². The number of rotatable bonds is 15. The fourth-order valence-corrected chi connectivity index (χ4v) is 4.08. The van der Waals surface area contributed by atoms with E-state index < -0.39 is 53.4 Å². The molecule has 2 aromatic rings. The highest BCUT2D eigenvalue weighted by molar-refractivity contribution is 8.14. The fraction of sp³-hybridized carbons (Fsp3) is 0.308. The molecule has 2 atom stereocenters. The molecule has 0 radical (unpaired) electrons. The molecule has 0 saturated heterocycles. The number of carboxylic acid groups (broad SMARTS) is 2. The van der Waals surface area contributed by atoms with E-state index >= 15 is 0 Å². The Labute approximate surface area is 233 Å². The van der Waals surface area contributed by atoms with Gasteiger partial charge < -0.3 is 35.6 Å². The molecule has 0 aliphatic rings. The number of aliphatic carboxylic acids is 2. The topological polar surface area (TPSA) is 197 Å². The molecule has 0 fully saturated rings. The van der Waals surface area contributed by atoms with Gasteiger partial charge in [0.25, 0.3) is 5.91 Å². The van der Waals surface area contributed by atoms with E-state index in [0.29, 0.717) is 17.1 Å². The Morgan fingerprint density at radius 2 is 1.35 bits per heavy atom. The van der Waals surface area contributed by atoms with E-state index in [1.165, 1.54) is 50.6 Å². The number of carbonyl (C=O) groups is 6. The molecule has 5 N–H and O–H groups in total. The standard InChI is InChI=1S/C26H29N3O10S/c1-38-17-7-3-15(4-8-17)23(33)29-19(25(35)36)11-12-21(30)28-20(24(34)27-13-22(31)32)14-40-26(37)16-5-9-18(39-2)10-6-16/h3-10,19-20H,11-14H2,1-2H3,(H,27,34)(H,28,30)(H,29,33)(H,31,32)(H,35,36)/t19-,20-/m0/s1. The number of ether oxygens (including phenoxy) is 2. The van der Waals surface area contributed by atoms with Crippen LogP contribution in [0.25, 0.3) is 0 Å². The van der Waals surface area contributed by atoms with Crippen LogP contribution in [0, 0.1) is 0 Å². The molecule has 0 bridgehead atoms. The van der Waals surface area contributed by atoms with Crippen molar-refractivity contribution >= 4 is 46.5 Å². The van der Waals surface area contributed by atoms with Crippen LogP contribution in [0.2, 0.25) is 0 Å². The van der Waals surface area contributed by atoms with Crippen molar-refractivity contribution in [1.29, 1.82) is 0 Å². The van der Waals surface area contributed by atoms with Gasteiger partial charge in [-0.2, -0.15) is 0 Å². The van der Waals surface area contributed by atoms with Gasteiger partial charge in [-0.1, -0.05) is 11.8 Å². The van der Waals surface area contributed by atoms with Crippen LogP contribution >= 0.6 is 11.8 Å². The maximum absolute atomic E-state index is 12.6. The molecule has 0 aliphatic carbocycles. The summed E-state index contributed by atoms with van der Waals surface area (Å²) in [6, 6.07) is 9.48. The highest BCUT2D eigenvalue weighted by Crippen LogP contribution is 2.18. The van der Waals surface area contributed by atoms with E-state index in [9.17, 15) is 33.9 Å². The van der Waals surface area contributed by atoms with Gasteiger partial charge in [0.05, 0.1) is 14.2 Å². The zero-order valence-corrected chi connectivity index (χ0v) is 22.5. The van der Waals surface area contributed by atoms with Crippen LogP contribution in [0.3, 0.4) is 0 Å². The molecule has 0 aromatic heterocycles. The first-order valence-corrected chi connectivity index (χ1v) is 12.8. The maximum atomic E-state index is 12.6. The van der Waals surface area contributed by atoms with Gasteiger partial charge in [0.15, 0.2) is 0 Å². The summed E-state index contributed by atoms with van der Waals surface area (Å²) in [6.45, 7) is -0.708. The van der Waals surface area contributed by atoms with E-state index in [4.69, 9.17) is 14.6 Å². The van der Waals surface area contributed by atoms with Crippen LogP contribution in [0.4, 0.5) is 0 Å². The number of amides is 3. The molecule has 0 spiro atoms.